The van der Waals surface area contributed by atoms with Gasteiger partial charge in [-0.2, -0.15) is 0 Å². The van der Waals surface area contributed by atoms with E-state index in [-0.39, 0.29) is 29.7 Å². The lowest BCUT2D eigenvalue weighted by molar-refractivity contribution is -0.141. The summed E-state index contributed by atoms with van der Waals surface area (Å²) in [5, 5.41) is 4.63. The fourth-order valence-corrected chi connectivity index (χ4v) is 7.05. The third-order valence-corrected chi connectivity index (χ3v) is 9.39. The lowest BCUT2D eigenvalue weighted by Gasteiger charge is -2.32. The molecule has 1 N–H and O–H groups in total. The number of hydrogen-bond donors (Lipinski definition) is 1. The SMILES string of the molecule is O=C(NC[C@@H]1CCCO1)[C@H](c1cccs1)N(Cc1ccc(F)cc1)C(=O)CN1C(=O)c2ccccc2S1(=O)=O. The number of nitrogens with one attached hydrogen (secondary N) is 1. The number of amides is 3. The molecule has 5 rings (SSSR count). The van der Waals surface area contributed by atoms with Crippen LogP contribution >= 0.6 is 11.3 Å². The minimum Gasteiger partial charge on any atom is -0.376 e. The maximum Gasteiger partial charge on any atom is 0.269 e. The van der Waals surface area contributed by atoms with Crippen molar-refractivity contribution in [2.75, 3.05) is 19.7 Å². The van der Waals surface area contributed by atoms with Gasteiger partial charge >= 0.3 is 0 Å². The van der Waals surface area contributed by atoms with Crippen LogP contribution in [-0.2, 0) is 30.9 Å². The van der Waals surface area contributed by atoms with Gasteiger partial charge < -0.3 is 15.0 Å². The first-order valence-corrected chi connectivity index (χ1v) is 14.7. The molecule has 2 aliphatic rings. The number of fused-ring (bicyclic) bond motifs is 1. The van der Waals surface area contributed by atoms with Crippen molar-refractivity contribution in [1.82, 2.24) is 14.5 Å². The summed E-state index contributed by atoms with van der Waals surface area (Å²) in [6.45, 7) is -0.0413. The molecular formula is C27H26FN3O6S2. The van der Waals surface area contributed by atoms with Gasteiger partial charge in [-0.05, 0) is 54.1 Å². The van der Waals surface area contributed by atoms with Crippen LogP contribution in [0.1, 0.15) is 39.7 Å². The third-order valence-electron chi connectivity index (χ3n) is 6.68. The molecule has 12 heteroatoms. The van der Waals surface area contributed by atoms with Crippen LogP contribution in [0.15, 0.2) is 70.9 Å². The van der Waals surface area contributed by atoms with E-state index in [9.17, 15) is 27.2 Å². The van der Waals surface area contributed by atoms with Crippen molar-refractivity contribution in [3.05, 3.63) is 87.9 Å². The molecule has 3 amide bonds. The Morgan fingerprint density at radius 1 is 1.13 bits per heavy atom. The summed E-state index contributed by atoms with van der Waals surface area (Å²) >= 11 is 1.26. The molecule has 2 aromatic carbocycles. The molecule has 0 radical (unpaired) electrons. The highest BCUT2D eigenvalue weighted by Crippen LogP contribution is 2.32. The number of nitrogens with zero attached hydrogens (tertiary/aromatic N) is 2. The smallest absolute Gasteiger partial charge is 0.269 e. The highest BCUT2D eigenvalue weighted by Gasteiger charge is 2.43. The first-order chi connectivity index (χ1) is 18.8. The summed E-state index contributed by atoms with van der Waals surface area (Å²) in [4.78, 5) is 42.0. The van der Waals surface area contributed by atoms with Crippen molar-refractivity contribution in [3.63, 3.8) is 0 Å². The van der Waals surface area contributed by atoms with Crippen LogP contribution in [0.25, 0.3) is 0 Å². The summed E-state index contributed by atoms with van der Waals surface area (Å²) in [5.41, 5.74) is 0.511. The fourth-order valence-electron chi connectivity index (χ4n) is 4.70. The number of halogens is 1. The maximum absolute atomic E-state index is 13.8. The molecule has 1 aromatic heterocycles. The van der Waals surface area contributed by atoms with Gasteiger partial charge in [-0.1, -0.05) is 30.3 Å². The van der Waals surface area contributed by atoms with Crippen molar-refractivity contribution < 1.29 is 31.9 Å². The summed E-state index contributed by atoms with van der Waals surface area (Å²) in [6.07, 6.45) is 1.56. The fraction of sp³-hybridized carbons (Fsp3) is 0.296. The van der Waals surface area contributed by atoms with E-state index in [2.05, 4.69) is 5.32 Å². The highest BCUT2D eigenvalue weighted by atomic mass is 32.2. The van der Waals surface area contributed by atoms with Gasteiger partial charge in [0, 0.05) is 24.6 Å². The lowest BCUT2D eigenvalue weighted by Crippen LogP contribution is -2.48. The number of ether oxygens (including phenoxy) is 1. The van der Waals surface area contributed by atoms with Crippen LogP contribution in [-0.4, -0.2) is 61.1 Å². The van der Waals surface area contributed by atoms with Crippen molar-refractivity contribution in [2.45, 2.75) is 36.4 Å². The number of thiophene rings is 1. The second kappa shape index (κ2) is 11.2. The number of benzene rings is 2. The molecule has 204 valence electrons. The quantitative estimate of drug-likeness (QED) is 0.423. The van der Waals surface area contributed by atoms with Crippen molar-refractivity contribution >= 4 is 39.1 Å². The second-order valence-corrected chi connectivity index (χ2v) is 12.1. The summed E-state index contributed by atoms with van der Waals surface area (Å²) < 4.78 is 46.0. The summed E-state index contributed by atoms with van der Waals surface area (Å²) in [7, 11) is -4.25. The Kier molecular flexibility index (Phi) is 7.78. The largest absolute Gasteiger partial charge is 0.376 e. The average molecular weight is 572 g/mol. The van der Waals surface area contributed by atoms with E-state index < -0.39 is 46.1 Å². The Morgan fingerprint density at radius 2 is 1.90 bits per heavy atom. The molecule has 0 unspecified atom stereocenters. The van der Waals surface area contributed by atoms with E-state index in [4.69, 9.17) is 4.74 Å². The molecule has 0 aliphatic carbocycles. The molecule has 39 heavy (non-hydrogen) atoms. The van der Waals surface area contributed by atoms with Crippen LogP contribution in [0.4, 0.5) is 4.39 Å². The van der Waals surface area contributed by atoms with Gasteiger partial charge in [0.2, 0.25) is 11.8 Å². The van der Waals surface area contributed by atoms with Crippen LogP contribution < -0.4 is 5.32 Å². The van der Waals surface area contributed by atoms with E-state index in [1.807, 2.05) is 0 Å². The Hall–Kier alpha value is -3.61. The predicted molar refractivity (Wildman–Crippen MR) is 141 cm³/mol. The van der Waals surface area contributed by atoms with Crippen molar-refractivity contribution in [1.29, 1.82) is 0 Å². The monoisotopic (exact) mass is 571 g/mol. The van der Waals surface area contributed by atoms with E-state index in [1.54, 1.807) is 23.6 Å². The molecule has 1 fully saturated rings. The second-order valence-electron chi connectivity index (χ2n) is 9.26. The zero-order valence-electron chi connectivity index (χ0n) is 20.8. The molecule has 2 atom stereocenters. The molecular weight excluding hydrogens is 545 g/mol. The first kappa shape index (κ1) is 27.0. The van der Waals surface area contributed by atoms with Gasteiger partial charge in [0.15, 0.2) is 0 Å². The average Bonchev–Trinajstić information content (AvgIpc) is 3.68. The normalized spacial score (nSPS) is 18.5. The predicted octanol–water partition coefficient (Wildman–Crippen LogP) is 3.10. The highest BCUT2D eigenvalue weighted by molar-refractivity contribution is 7.90. The lowest BCUT2D eigenvalue weighted by atomic mass is 10.1. The zero-order chi connectivity index (χ0) is 27.6. The van der Waals surface area contributed by atoms with E-state index in [0.717, 1.165) is 12.8 Å². The summed E-state index contributed by atoms with van der Waals surface area (Å²) in [5.74, 6) is -2.50. The molecule has 3 aromatic rings. The van der Waals surface area contributed by atoms with Crippen molar-refractivity contribution in [2.24, 2.45) is 0 Å². The Balaban J connectivity index is 1.47. The van der Waals surface area contributed by atoms with E-state index in [1.165, 1.54) is 58.7 Å². The van der Waals surface area contributed by atoms with E-state index in [0.29, 0.717) is 21.4 Å². The van der Waals surface area contributed by atoms with Crippen LogP contribution in [0.5, 0.6) is 0 Å². The maximum atomic E-state index is 13.8. The number of carbonyl (C=O) groups is 3. The topological polar surface area (TPSA) is 113 Å². The van der Waals surface area contributed by atoms with Crippen LogP contribution in [0.3, 0.4) is 0 Å². The molecule has 0 bridgehead atoms. The van der Waals surface area contributed by atoms with Crippen LogP contribution in [0.2, 0.25) is 0 Å². The minimum atomic E-state index is -4.25. The number of sulfonamides is 1. The molecule has 1 saturated heterocycles. The Morgan fingerprint density at radius 3 is 2.56 bits per heavy atom. The Labute approximate surface area is 229 Å². The minimum absolute atomic E-state index is 0.0144. The third kappa shape index (κ3) is 5.58. The molecule has 0 spiro atoms. The molecule has 9 nitrogen and oxygen atoms in total. The zero-order valence-corrected chi connectivity index (χ0v) is 22.4. The van der Waals surface area contributed by atoms with Gasteiger partial charge in [-0.25, -0.2) is 17.1 Å². The molecule has 0 saturated carbocycles. The van der Waals surface area contributed by atoms with E-state index >= 15 is 0 Å². The summed E-state index contributed by atoms with van der Waals surface area (Å²) in [6, 6.07) is 13.5. The standard InChI is InChI=1S/C27H26FN3O6S2/c28-19-11-9-18(10-12-19)16-30(24(32)17-31-27(34)21-6-1-2-8-23(21)39(31,35)36)25(22-7-4-14-38-22)26(33)29-15-20-5-3-13-37-20/h1-2,4,6-12,14,20,25H,3,5,13,15-17H2,(H,29,33)/t20-,25-/m0/s1. The Bertz CT molecular complexity index is 1470. The van der Waals surface area contributed by atoms with Gasteiger partial charge in [-0.3, -0.25) is 14.4 Å². The van der Waals surface area contributed by atoms with Crippen molar-refractivity contribution in [3.8, 4) is 0 Å². The van der Waals surface area contributed by atoms with Gasteiger partial charge in [0.05, 0.1) is 11.7 Å². The van der Waals surface area contributed by atoms with Gasteiger partial charge in [-0.15, -0.1) is 11.3 Å². The van der Waals surface area contributed by atoms with Gasteiger partial charge in [0.1, 0.15) is 23.3 Å². The first-order valence-electron chi connectivity index (χ1n) is 12.4. The van der Waals surface area contributed by atoms with Gasteiger partial charge in [0.25, 0.3) is 15.9 Å². The molecule has 3 heterocycles. The van der Waals surface area contributed by atoms with Crippen LogP contribution in [0, 0.1) is 5.82 Å². The number of rotatable bonds is 9. The molecule has 2 aliphatic heterocycles. The number of hydrogen-bond acceptors (Lipinski definition) is 7. The number of carbonyl (C=O) groups excluding carboxylic acids is 3.